The first kappa shape index (κ1) is 77.0. The van der Waals surface area contributed by atoms with Crippen LogP contribution in [-0.2, 0) is 48.3 Å². The first-order chi connectivity index (χ1) is 39.4. The second kappa shape index (κ2) is 41.9. The minimum atomic E-state index is -5.19. The Balaban J connectivity index is 0.000000824. The van der Waals surface area contributed by atoms with Crippen LogP contribution in [0.3, 0.4) is 0 Å². The number of rotatable bonds is 42. The maximum absolute atomic E-state index is 13.8. The van der Waals surface area contributed by atoms with E-state index in [1.165, 1.54) is 195 Å². The Morgan fingerprint density at radius 3 is 1.22 bits per heavy atom. The first-order valence-corrected chi connectivity index (χ1v) is 34.6. The summed E-state index contributed by atoms with van der Waals surface area (Å²) in [5, 5.41) is 19.2. The van der Waals surface area contributed by atoms with E-state index in [4.69, 9.17) is 9.47 Å². The molecule has 83 heavy (non-hydrogen) atoms. The molecule has 0 aliphatic carbocycles. The van der Waals surface area contributed by atoms with Gasteiger partial charge in [0.1, 0.15) is 27.9 Å². The molecule has 0 spiro atoms. The number of benzene rings is 3. The number of hydrogen-bond acceptors (Lipinski definition) is 17. The molecule has 0 saturated carbocycles. The normalized spacial score (nSPS) is 12.7. The lowest BCUT2D eigenvalue weighted by Crippen LogP contribution is -2.50. The lowest BCUT2D eigenvalue weighted by molar-refractivity contribution is -0.929. The molecule has 3 aromatic carbocycles. The number of unbranched alkanes of at least 4 members (excludes halogenated alkanes) is 8. The van der Waals surface area contributed by atoms with Gasteiger partial charge in [-0.2, -0.15) is 34.3 Å². The summed E-state index contributed by atoms with van der Waals surface area (Å²) in [7, 11) is -14.3. The highest BCUT2D eigenvalue weighted by molar-refractivity contribution is 7.94. The number of quaternary nitrogens is 2. The molecule has 0 heterocycles. The average Bonchev–Trinajstić information content (AvgIpc) is 3.52. The van der Waals surface area contributed by atoms with E-state index in [1.807, 2.05) is 0 Å². The van der Waals surface area contributed by atoms with Gasteiger partial charge < -0.3 is 28.2 Å². The van der Waals surface area contributed by atoms with Crippen LogP contribution in [0.2, 0.25) is 0 Å². The second-order valence-corrected chi connectivity index (χ2v) is 25.8. The molecule has 0 N–H and O–H groups in total. The topological polar surface area (TPSA) is 229 Å². The number of nitrogens with zero attached hydrogens (tertiary/aromatic N) is 4. The molecule has 476 valence electrons. The van der Waals surface area contributed by atoms with E-state index in [0.29, 0.717) is 23.7 Å². The summed E-state index contributed by atoms with van der Waals surface area (Å²) in [6.07, 6.45) is 16.9. The number of ether oxygens (including phenoxy) is 2. The maximum Gasteiger partial charge on any atom is 0.437 e. The third-order valence-corrected chi connectivity index (χ3v) is 16.9. The Morgan fingerprint density at radius 2 is 0.880 bits per heavy atom. The standard InChI is InChI=1S/C26H25F3N2O14S4.2C16H36N/c1-18(19-5-9-22(10-6-19)41-14-16-47(33,34)35)30-42-48(36,37)23-3-2-4-24(17-23)49(38,39)43-31-25(26(27,28)29)20-7-11-21(12-8-20)40-13-15-46-45-44-32;2*1-5-9-13-17(14-10-6-2,15-11-7-3)16-12-8-4/h2-12,17,32H,13-16H2,1H3,(H,33,34,35);2*5-16H2,1-4H3/q;2*+1/p-2. The van der Waals surface area contributed by atoms with E-state index < -0.39 is 63.3 Å². The minimum Gasteiger partial charge on any atom is -0.748 e. The van der Waals surface area contributed by atoms with Gasteiger partial charge in [0.05, 0.1) is 86.3 Å². The quantitative estimate of drug-likeness (QED) is 0.00977. The van der Waals surface area contributed by atoms with Crippen molar-refractivity contribution in [2.24, 2.45) is 10.3 Å². The molecular weight excluding hydrogens is 1160 g/mol. The minimum absolute atomic E-state index is 0.00527. The van der Waals surface area contributed by atoms with Crippen molar-refractivity contribution in [3.05, 3.63) is 83.9 Å². The predicted octanol–water partition coefficient (Wildman–Crippen LogP) is 12.7. The van der Waals surface area contributed by atoms with Gasteiger partial charge in [0.25, 0.3) is 0 Å². The van der Waals surface area contributed by atoms with Crippen molar-refractivity contribution in [1.82, 2.24) is 0 Å². The molecule has 0 aromatic heterocycles. The smallest absolute Gasteiger partial charge is 0.437 e. The zero-order valence-corrected chi connectivity index (χ0v) is 53.8. The van der Waals surface area contributed by atoms with Crippen LogP contribution in [0.25, 0.3) is 0 Å². The Labute approximate surface area is 499 Å². The molecule has 0 aliphatic rings. The van der Waals surface area contributed by atoms with Crippen LogP contribution >= 0.6 is 12.0 Å². The Kier molecular flexibility index (Phi) is 38.9. The fourth-order valence-electron chi connectivity index (χ4n) is 8.68. The second-order valence-electron chi connectivity index (χ2n) is 20.4. The van der Waals surface area contributed by atoms with Crippen molar-refractivity contribution in [2.75, 3.05) is 77.1 Å². The molecular formula is C58H95F3N4O14S4. The van der Waals surface area contributed by atoms with Gasteiger partial charge in [-0.05, 0) is 131 Å². The molecule has 0 unspecified atom stereocenters. The monoisotopic (exact) mass is 1260 g/mol. The van der Waals surface area contributed by atoms with Crippen molar-refractivity contribution in [2.45, 2.75) is 181 Å². The van der Waals surface area contributed by atoms with E-state index in [-0.39, 0.29) is 36.2 Å². The highest BCUT2D eigenvalue weighted by atomic mass is 32.2. The molecule has 0 aliphatic heterocycles. The maximum atomic E-state index is 13.8. The van der Waals surface area contributed by atoms with Crippen LogP contribution in [0.1, 0.15) is 176 Å². The Bertz CT molecular complexity index is 2500. The van der Waals surface area contributed by atoms with E-state index >= 15 is 0 Å². The van der Waals surface area contributed by atoms with Gasteiger partial charge in [-0.3, -0.25) is 13.6 Å². The van der Waals surface area contributed by atoms with Crippen LogP contribution in [0, 0.1) is 0 Å². The highest BCUT2D eigenvalue weighted by Gasteiger charge is 2.39. The highest BCUT2D eigenvalue weighted by Crippen LogP contribution is 2.27. The Morgan fingerprint density at radius 1 is 0.530 bits per heavy atom. The van der Waals surface area contributed by atoms with Gasteiger partial charge in [0.15, 0.2) is 5.71 Å². The summed E-state index contributed by atoms with van der Waals surface area (Å²) in [6.45, 7) is 31.0. The van der Waals surface area contributed by atoms with E-state index in [1.54, 1.807) is 0 Å². The van der Waals surface area contributed by atoms with Crippen LogP contribution in [0.5, 0.6) is 11.5 Å². The lowest BCUT2D eigenvalue weighted by Gasteiger charge is -2.39. The van der Waals surface area contributed by atoms with E-state index in [9.17, 15) is 48.2 Å². The predicted molar refractivity (Wildman–Crippen MR) is 320 cm³/mol. The van der Waals surface area contributed by atoms with Gasteiger partial charge in [-0.15, -0.1) is 0 Å². The van der Waals surface area contributed by atoms with Crippen molar-refractivity contribution in [3.63, 3.8) is 0 Å². The number of hydrogen-bond donors (Lipinski definition) is 0. The molecule has 0 radical (unpaired) electrons. The fraction of sp³-hybridized carbons (Fsp3) is 0.655. The first-order valence-electron chi connectivity index (χ1n) is 29.3. The molecule has 18 nitrogen and oxygen atoms in total. The molecule has 3 aromatic rings. The van der Waals surface area contributed by atoms with Crippen LogP contribution in [0.4, 0.5) is 13.2 Å². The summed E-state index contributed by atoms with van der Waals surface area (Å²) in [5.41, 5.74) is -1.97. The number of halogens is 3. The largest absolute Gasteiger partial charge is 0.748 e. The average molecular weight is 1260 g/mol. The third kappa shape index (κ3) is 32.3. The molecule has 25 heteroatoms. The summed E-state index contributed by atoms with van der Waals surface area (Å²) >= 11 is 0.629. The zero-order chi connectivity index (χ0) is 62.3. The molecule has 0 saturated heterocycles. The van der Waals surface area contributed by atoms with Gasteiger partial charge in [0.2, 0.25) is 0 Å². The molecule has 0 atom stereocenters. The summed E-state index contributed by atoms with van der Waals surface area (Å²) in [4.78, 5) is -1.62. The summed E-state index contributed by atoms with van der Waals surface area (Å²) < 4.78 is 151. The van der Waals surface area contributed by atoms with Crippen LogP contribution < -0.4 is 14.7 Å². The van der Waals surface area contributed by atoms with Gasteiger partial charge in [-0.1, -0.05) is 123 Å². The van der Waals surface area contributed by atoms with Crippen LogP contribution in [-0.4, -0.2) is 133 Å². The number of oxime groups is 2. The SMILES string of the molecule is CC(=NOS(=O)(=O)c1cccc(S(=O)(=O)ON=C(c2ccc(OCCSOO[O-])cc2)C(F)(F)F)c1)c1ccc(OCCS(=O)(=O)[O-])cc1.CCCC[N+](CCCC)(CCCC)CCCC.CCCC[N+](CCCC)(CCCC)CCCC. The Hall–Kier alpha value is -4.05. The van der Waals surface area contributed by atoms with Crippen molar-refractivity contribution in [3.8, 4) is 11.5 Å². The third-order valence-electron chi connectivity index (χ3n) is 13.6. The lowest BCUT2D eigenvalue weighted by atomic mass is 10.1. The van der Waals surface area contributed by atoms with Crippen molar-refractivity contribution >= 4 is 53.8 Å². The van der Waals surface area contributed by atoms with Crippen molar-refractivity contribution < 1.29 is 84.6 Å². The molecule has 3 rings (SSSR count). The van der Waals surface area contributed by atoms with Gasteiger partial charge in [-0.25, -0.2) is 8.42 Å². The number of alkyl halides is 3. The molecule has 0 amide bonds. The fourth-order valence-corrected chi connectivity index (χ4v) is 10.9. The van der Waals surface area contributed by atoms with E-state index in [2.05, 4.69) is 83.6 Å². The molecule has 0 bridgehead atoms. The van der Waals surface area contributed by atoms with Gasteiger partial charge in [0, 0.05) is 17.6 Å². The van der Waals surface area contributed by atoms with Crippen LogP contribution in [0.15, 0.2) is 92.9 Å². The van der Waals surface area contributed by atoms with E-state index in [0.717, 1.165) is 42.5 Å². The van der Waals surface area contributed by atoms with Gasteiger partial charge >= 0.3 is 26.4 Å². The summed E-state index contributed by atoms with van der Waals surface area (Å²) in [6, 6.07) is 13.1. The van der Waals surface area contributed by atoms with Crippen molar-refractivity contribution in [1.29, 1.82) is 0 Å². The molecule has 0 fully saturated rings. The summed E-state index contributed by atoms with van der Waals surface area (Å²) in [5.74, 6) is -0.276. The zero-order valence-electron chi connectivity index (χ0n) is 50.5.